The Morgan fingerprint density at radius 3 is 2.22 bits per heavy atom. The number of alkyl halides is 3. The number of nitrogens with one attached hydrogen (secondary N) is 1. The van der Waals surface area contributed by atoms with Crippen LogP contribution in [0.2, 0.25) is 0 Å². The highest BCUT2D eigenvalue weighted by molar-refractivity contribution is 6.01. The fourth-order valence-electron chi connectivity index (χ4n) is 1.56. The van der Waals surface area contributed by atoms with Crippen molar-refractivity contribution in [1.29, 1.82) is 0 Å². The van der Waals surface area contributed by atoms with Crippen molar-refractivity contribution in [2.24, 2.45) is 0 Å². The average Bonchev–Trinajstić information content (AvgIpc) is 2.36. The molecule has 0 spiro atoms. The summed E-state index contributed by atoms with van der Waals surface area (Å²) in [6.45, 7) is 4.73. The highest BCUT2D eigenvalue weighted by Gasteiger charge is 2.33. The molecule has 128 valence electrons. The monoisotopic (exact) mass is 335 g/mol. The molecule has 1 N–H and O–H groups in total. The number of esters is 1. The lowest BCUT2D eigenvalue weighted by Gasteiger charge is -2.21. The Hall–Kier alpha value is -2.45. The Labute approximate surface area is 130 Å². The van der Waals surface area contributed by atoms with Crippen LogP contribution in [-0.2, 0) is 9.47 Å². The Morgan fingerprint density at radius 1 is 1.13 bits per heavy atom. The van der Waals surface area contributed by atoms with Gasteiger partial charge in [-0.05, 0) is 32.9 Å². The van der Waals surface area contributed by atoms with E-state index in [4.69, 9.17) is 4.74 Å². The standard InChI is InChI=1S/C14H16F3NO5/c1-13(2,3)23-12(20)18-10-8(11(19)21-4)6-5-7-9(10)22-14(15,16)17/h5-7H,1-4H3,(H,18,20). The van der Waals surface area contributed by atoms with Gasteiger partial charge in [-0.2, -0.15) is 0 Å². The normalized spacial score (nSPS) is 11.6. The number of rotatable bonds is 3. The number of para-hydroxylation sites is 1. The number of amides is 1. The van der Waals surface area contributed by atoms with Gasteiger partial charge in [0.05, 0.1) is 12.7 Å². The van der Waals surface area contributed by atoms with Crippen LogP contribution in [0.25, 0.3) is 0 Å². The van der Waals surface area contributed by atoms with Crippen molar-refractivity contribution in [1.82, 2.24) is 0 Å². The van der Waals surface area contributed by atoms with Crippen molar-refractivity contribution in [3.05, 3.63) is 23.8 Å². The van der Waals surface area contributed by atoms with Gasteiger partial charge in [0, 0.05) is 0 Å². The van der Waals surface area contributed by atoms with E-state index in [0.29, 0.717) is 0 Å². The zero-order valence-electron chi connectivity index (χ0n) is 12.9. The maximum absolute atomic E-state index is 12.5. The minimum Gasteiger partial charge on any atom is -0.465 e. The van der Waals surface area contributed by atoms with E-state index in [1.807, 2.05) is 0 Å². The van der Waals surface area contributed by atoms with E-state index in [1.54, 1.807) is 20.8 Å². The molecule has 0 bridgehead atoms. The van der Waals surface area contributed by atoms with Crippen molar-refractivity contribution >= 4 is 17.7 Å². The van der Waals surface area contributed by atoms with E-state index < -0.39 is 35.5 Å². The number of hydrogen-bond donors (Lipinski definition) is 1. The second-order valence-electron chi connectivity index (χ2n) is 5.34. The van der Waals surface area contributed by atoms with Crippen molar-refractivity contribution < 1.29 is 37.0 Å². The summed E-state index contributed by atoms with van der Waals surface area (Å²) in [6.07, 6.45) is -6.04. The van der Waals surface area contributed by atoms with E-state index in [-0.39, 0.29) is 5.56 Å². The van der Waals surface area contributed by atoms with Crippen molar-refractivity contribution in [3.8, 4) is 5.75 Å². The predicted molar refractivity (Wildman–Crippen MR) is 74.3 cm³/mol. The Kier molecular flexibility index (Phi) is 5.46. The molecule has 1 aromatic rings. The SMILES string of the molecule is COC(=O)c1cccc(OC(F)(F)F)c1NC(=O)OC(C)(C)C. The molecule has 0 radical (unpaired) electrons. The van der Waals surface area contributed by atoms with Crippen LogP contribution in [0.4, 0.5) is 23.7 Å². The van der Waals surface area contributed by atoms with Crippen LogP contribution in [0.15, 0.2) is 18.2 Å². The maximum atomic E-state index is 12.5. The molecule has 0 aliphatic carbocycles. The van der Waals surface area contributed by atoms with Crippen molar-refractivity contribution in [3.63, 3.8) is 0 Å². The Balaban J connectivity index is 3.23. The molecule has 6 nitrogen and oxygen atoms in total. The lowest BCUT2D eigenvalue weighted by molar-refractivity contribution is -0.274. The molecule has 1 aromatic carbocycles. The minimum atomic E-state index is -5.00. The fourth-order valence-corrected chi connectivity index (χ4v) is 1.56. The van der Waals surface area contributed by atoms with E-state index >= 15 is 0 Å². The molecule has 0 unspecified atom stereocenters. The van der Waals surface area contributed by atoms with Crippen LogP contribution in [0.1, 0.15) is 31.1 Å². The summed E-state index contributed by atoms with van der Waals surface area (Å²) in [7, 11) is 1.05. The lowest BCUT2D eigenvalue weighted by atomic mass is 10.1. The van der Waals surface area contributed by atoms with E-state index in [9.17, 15) is 22.8 Å². The van der Waals surface area contributed by atoms with Crippen molar-refractivity contribution in [2.75, 3.05) is 12.4 Å². The summed E-state index contributed by atoms with van der Waals surface area (Å²) in [4.78, 5) is 23.5. The molecule has 0 aliphatic rings. The number of benzene rings is 1. The lowest BCUT2D eigenvalue weighted by Crippen LogP contribution is -2.28. The third kappa shape index (κ3) is 6.05. The van der Waals surface area contributed by atoms with Crippen molar-refractivity contribution in [2.45, 2.75) is 32.7 Å². The van der Waals surface area contributed by atoms with Crippen LogP contribution < -0.4 is 10.1 Å². The molecule has 0 heterocycles. The molecule has 0 aliphatic heterocycles. The number of ether oxygens (including phenoxy) is 3. The van der Waals surface area contributed by atoms with Gasteiger partial charge < -0.3 is 14.2 Å². The zero-order valence-corrected chi connectivity index (χ0v) is 12.9. The first-order valence-corrected chi connectivity index (χ1v) is 6.40. The van der Waals surface area contributed by atoms with Gasteiger partial charge in [-0.1, -0.05) is 6.07 Å². The van der Waals surface area contributed by atoms with Gasteiger partial charge in [-0.25, -0.2) is 9.59 Å². The third-order valence-electron chi connectivity index (χ3n) is 2.28. The third-order valence-corrected chi connectivity index (χ3v) is 2.28. The number of hydrogen-bond acceptors (Lipinski definition) is 5. The highest BCUT2D eigenvalue weighted by atomic mass is 19.4. The van der Waals surface area contributed by atoms with Crippen LogP contribution in [0, 0.1) is 0 Å². The van der Waals surface area contributed by atoms with Gasteiger partial charge in [0.2, 0.25) is 0 Å². The quantitative estimate of drug-likeness (QED) is 0.852. The van der Waals surface area contributed by atoms with Crippen LogP contribution >= 0.6 is 0 Å². The minimum absolute atomic E-state index is 0.305. The summed E-state index contributed by atoms with van der Waals surface area (Å²) in [5.74, 6) is -1.70. The second-order valence-corrected chi connectivity index (χ2v) is 5.34. The summed E-state index contributed by atoms with van der Waals surface area (Å²) >= 11 is 0. The van der Waals surface area contributed by atoms with Gasteiger partial charge in [0.1, 0.15) is 11.3 Å². The molecule has 0 aromatic heterocycles. The van der Waals surface area contributed by atoms with Crippen LogP contribution in [0.3, 0.4) is 0 Å². The highest BCUT2D eigenvalue weighted by Crippen LogP contribution is 2.33. The summed E-state index contributed by atoms with van der Waals surface area (Å²) < 4.78 is 50.6. The smallest absolute Gasteiger partial charge is 0.465 e. The average molecular weight is 335 g/mol. The first kappa shape index (κ1) is 18.6. The van der Waals surface area contributed by atoms with E-state index in [1.165, 1.54) is 6.07 Å². The number of carbonyl (C=O) groups is 2. The van der Waals surface area contributed by atoms with Crippen LogP contribution in [0.5, 0.6) is 5.75 Å². The molecule has 0 saturated carbocycles. The Bertz CT molecular complexity index is 593. The van der Waals surface area contributed by atoms with Gasteiger partial charge >= 0.3 is 18.4 Å². The number of halogens is 3. The largest absolute Gasteiger partial charge is 0.573 e. The summed E-state index contributed by atoms with van der Waals surface area (Å²) in [5.41, 5.74) is -1.68. The van der Waals surface area contributed by atoms with E-state index in [0.717, 1.165) is 19.2 Å². The number of carbonyl (C=O) groups excluding carboxylic acids is 2. The molecule has 23 heavy (non-hydrogen) atoms. The molecule has 0 atom stereocenters. The second kappa shape index (κ2) is 6.76. The first-order valence-electron chi connectivity index (χ1n) is 6.40. The van der Waals surface area contributed by atoms with E-state index in [2.05, 4.69) is 14.8 Å². The molecule has 1 rings (SSSR count). The molecule has 0 saturated heterocycles. The summed E-state index contributed by atoms with van der Waals surface area (Å²) in [6, 6.07) is 3.29. The number of methoxy groups -OCH3 is 1. The van der Waals surface area contributed by atoms with Gasteiger partial charge in [0.15, 0.2) is 5.75 Å². The molecular formula is C14H16F3NO5. The molecular weight excluding hydrogens is 319 g/mol. The number of anilines is 1. The molecule has 1 amide bonds. The topological polar surface area (TPSA) is 73.9 Å². The van der Waals surface area contributed by atoms with Gasteiger partial charge in [-0.15, -0.1) is 13.2 Å². The molecule has 0 fully saturated rings. The van der Waals surface area contributed by atoms with Gasteiger partial charge in [0.25, 0.3) is 0 Å². The fraction of sp³-hybridized carbons (Fsp3) is 0.429. The Morgan fingerprint density at radius 2 is 1.74 bits per heavy atom. The maximum Gasteiger partial charge on any atom is 0.573 e. The first-order chi connectivity index (χ1) is 10.4. The summed E-state index contributed by atoms with van der Waals surface area (Å²) in [5, 5.41) is 2.09. The zero-order chi connectivity index (χ0) is 17.8. The van der Waals surface area contributed by atoms with Crippen LogP contribution in [-0.4, -0.2) is 31.1 Å². The van der Waals surface area contributed by atoms with Gasteiger partial charge in [-0.3, -0.25) is 5.32 Å². The molecule has 9 heteroatoms. The predicted octanol–water partition coefficient (Wildman–Crippen LogP) is 3.72.